The second-order valence-electron chi connectivity index (χ2n) is 6.69. The number of benzene rings is 2. The van der Waals surface area contributed by atoms with Crippen molar-refractivity contribution < 1.29 is 4.92 Å². The number of aryl methyl sites for hydroxylation is 3. The zero-order chi connectivity index (χ0) is 19.6. The molecular formula is C22H23N3O2. The number of aromatic nitrogens is 1. The highest BCUT2D eigenvalue weighted by Gasteiger charge is 2.14. The van der Waals surface area contributed by atoms with E-state index in [1.807, 2.05) is 32.9 Å². The Labute approximate surface area is 159 Å². The zero-order valence-electron chi connectivity index (χ0n) is 16.1. The van der Waals surface area contributed by atoms with Crippen molar-refractivity contribution in [2.24, 2.45) is 4.99 Å². The normalized spacial score (nSPS) is 11.3. The van der Waals surface area contributed by atoms with E-state index in [0.29, 0.717) is 5.69 Å². The average Bonchev–Trinajstić information content (AvgIpc) is 2.94. The Kier molecular flexibility index (Phi) is 5.21. The number of hydrogen-bond donors (Lipinski definition) is 0. The first-order chi connectivity index (χ1) is 12.9. The largest absolute Gasteiger partial charge is 0.318 e. The Morgan fingerprint density at radius 1 is 1.07 bits per heavy atom. The fraction of sp³-hybridized carbons (Fsp3) is 0.227. The van der Waals surface area contributed by atoms with Crippen LogP contribution in [0, 0.1) is 30.9 Å². The van der Waals surface area contributed by atoms with E-state index in [1.54, 1.807) is 18.3 Å². The van der Waals surface area contributed by atoms with Crippen LogP contribution < -0.4 is 0 Å². The molecule has 3 rings (SSSR count). The fourth-order valence-corrected chi connectivity index (χ4v) is 3.22. The van der Waals surface area contributed by atoms with Crippen LogP contribution in [0.25, 0.3) is 5.69 Å². The van der Waals surface area contributed by atoms with Gasteiger partial charge >= 0.3 is 0 Å². The van der Waals surface area contributed by atoms with Crippen LogP contribution in [-0.4, -0.2) is 15.7 Å². The van der Waals surface area contributed by atoms with Crippen molar-refractivity contribution in [3.63, 3.8) is 0 Å². The second kappa shape index (κ2) is 7.58. The van der Waals surface area contributed by atoms with Crippen LogP contribution in [0.15, 0.2) is 53.5 Å². The number of rotatable bonds is 5. The van der Waals surface area contributed by atoms with Gasteiger partial charge in [0, 0.05) is 34.9 Å². The van der Waals surface area contributed by atoms with Gasteiger partial charge in [-0.05, 0) is 62.6 Å². The van der Waals surface area contributed by atoms with Gasteiger partial charge in [-0.15, -0.1) is 0 Å². The molecule has 0 atom stereocenters. The van der Waals surface area contributed by atoms with Gasteiger partial charge < -0.3 is 4.57 Å². The summed E-state index contributed by atoms with van der Waals surface area (Å²) in [6.45, 7) is 8.05. The van der Waals surface area contributed by atoms with Crippen LogP contribution >= 0.6 is 0 Å². The highest BCUT2D eigenvalue weighted by Crippen LogP contribution is 2.28. The van der Waals surface area contributed by atoms with Crippen molar-refractivity contribution in [2.45, 2.75) is 34.1 Å². The third-order valence-electron chi connectivity index (χ3n) is 4.74. The molecule has 0 fully saturated rings. The number of hydrogen-bond acceptors (Lipinski definition) is 3. The lowest BCUT2D eigenvalue weighted by Crippen LogP contribution is -1.99. The minimum atomic E-state index is -0.391. The smallest absolute Gasteiger partial charge is 0.295 e. The first kappa shape index (κ1) is 18.6. The summed E-state index contributed by atoms with van der Waals surface area (Å²) in [5.41, 5.74) is 6.72. The van der Waals surface area contributed by atoms with Gasteiger partial charge in [0.05, 0.1) is 4.92 Å². The predicted molar refractivity (Wildman–Crippen MR) is 110 cm³/mol. The van der Waals surface area contributed by atoms with Crippen LogP contribution in [0.1, 0.15) is 35.0 Å². The van der Waals surface area contributed by atoms with E-state index in [-0.39, 0.29) is 5.69 Å². The summed E-state index contributed by atoms with van der Waals surface area (Å²) in [5, 5.41) is 11.3. The SMILES string of the molecule is CCc1ccc(-n2c(C)cc(C=Nc3ccc(C)cc3[N+](=O)[O-])c2C)cc1. The van der Waals surface area contributed by atoms with Gasteiger partial charge in [-0.25, -0.2) is 4.99 Å². The molecule has 27 heavy (non-hydrogen) atoms. The summed E-state index contributed by atoms with van der Waals surface area (Å²) in [6.07, 6.45) is 2.72. The predicted octanol–water partition coefficient (Wildman–Crippen LogP) is 5.62. The van der Waals surface area contributed by atoms with Crippen LogP contribution in [-0.2, 0) is 6.42 Å². The molecule has 0 unspecified atom stereocenters. The summed E-state index contributed by atoms with van der Waals surface area (Å²) in [5.74, 6) is 0. The molecule has 0 N–H and O–H groups in total. The zero-order valence-corrected chi connectivity index (χ0v) is 16.1. The van der Waals surface area contributed by atoms with Crippen LogP contribution in [0.2, 0.25) is 0 Å². The Morgan fingerprint density at radius 2 is 1.78 bits per heavy atom. The summed E-state index contributed by atoms with van der Waals surface area (Å²) < 4.78 is 2.17. The Morgan fingerprint density at radius 3 is 2.41 bits per heavy atom. The van der Waals surface area contributed by atoms with Gasteiger partial charge in [0.1, 0.15) is 5.69 Å². The fourth-order valence-electron chi connectivity index (χ4n) is 3.22. The highest BCUT2D eigenvalue weighted by molar-refractivity contribution is 5.85. The molecule has 5 heteroatoms. The number of nitrogens with zero attached hydrogens (tertiary/aromatic N) is 3. The molecule has 0 aliphatic heterocycles. The molecule has 138 valence electrons. The second-order valence-corrected chi connectivity index (χ2v) is 6.69. The van der Waals surface area contributed by atoms with Crippen molar-refractivity contribution in [3.05, 3.63) is 86.7 Å². The molecule has 0 aliphatic carbocycles. The van der Waals surface area contributed by atoms with Crippen molar-refractivity contribution in [3.8, 4) is 5.69 Å². The van der Waals surface area contributed by atoms with Gasteiger partial charge in [0.2, 0.25) is 0 Å². The molecule has 0 bridgehead atoms. The number of aliphatic imine (C=N–C) groups is 1. The van der Waals surface area contributed by atoms with E-state index in [4.69, 9.17) is 0 Å². The first-order valence-corrected chi connectivity index (χ1v) is 8.98. The maximum atomic E-state index is 11.3. The van der Waals surface area contributed by atoms with E-state index in [9.17, 15) is 10.1 Å². The Bertz CT molecular complexity index is 1010. The molecule has 0 saturated heterocycles. The monoisotopic (exact) mass is 361 g/mol. The van der Waals surface area contributed by atoms with E-state index >= 15 is 0 Å². The molecule has 1 heterocycles. The van der Waals surface area contributed by atoms with Crippen LogP contribution in [0.5, 0.6) is 0 Å². The molecule has 0 spiro atoms. The Balaban J connectivity index is 1.97. The van der Waals surface area contributed by atoms with Gasteiger partial charge in [-0.3, -0.25) is 10.1 Å². The maximum absolute atomic E-state index is 11.3. The lowest BCUT2D eigenvalue weighted by molar-refractivity contribution is -0.384. The van der Waals surface area contributed by atoms with Crippen molar-refractivity contribution in [1.29, 1.82) is 0 Å². The van der Waals surface area contributed by atoms with Gasteiger partial charge in [0.25, 0.3) is 5.69 Å². The van der Waals surface area contributed by atoms with Gasteiger partial charge in [-0.2, -0.15) is 0 Å². The molecular weight excluding hydrogens is 338 g/mol. The molecule has 3 aromatic rings. The van der Waals surface area contributed by atoms with Crippen molar-refractivity contribution >= 4 is 17.6 Å². The maximum Gasteiger partial charge on any atom is 0.295 e. The summed E-state index contributed by atoms with van der Waals surface area (Å²) in [4.78, 5) is 15.3. The van der Waals surface area contributed by atoms with E-state index in [2.05, 4.69) is 40.7 Å². The molecule has 2 aromatic carbocycles. The lowest BCUT2D eigenvalue weighted by Gasteiger charge is -2.10. The lowest BCUT2D eigenvalue weighted by atomic mass is 10.1. The van der Waals surface area contributed by atoms with Crippen LogP contribution in [0.3, 0.4) is 0 Å². The van der Waals surface area contributed by atoms with Gasteiger partial charge in [0.15, 0.2) is 0 Å². The van der Waals surface area contributed by atoms with Crippen molar-refractivity contribution in [1.82, 2.24) is 4.57 Å². The molecule has 1 aromatic heterocycles. The van der Waals surface area contributed by atoms with Crippen molar-refractivity contribution in [2.75, 3.05) is 0 Å². The third-order valence-corrected chi connectivity index (χ3v) is 4.74. The standard InChI is InChI=1S/C22H23N3O2/c1-5-18-7-9-20(10-8-18)24-16(3)13-19(17(24)4)14-23-21-11-6-15(2)12-22(21)25(26)27/h6-14H,5H2,1-4H3. The molecule has 5 nitrogen and oxygen atoms in total. The molecule has 0 radical (unpaired) electrons. The molecule has 0 amide bonds. The number of nitro groups is 1. The Hall–Kier alpha value is -3.21. The number of nitro benzene ring substituents is 1. The molecule has 0 aliphatic rings. The highest BCUT2D eigenvalue weighted by atomic mass is 16.6. The topological polar surface area (TPSA) is 60.4 Å². The van der Waals surface area contributed by atoms with Gasteiger partial charge in [-0.1, -0.05) is 25.1 Å². The minimum Gasteiger partial charge on any atom is -0.318 e. The first-order valence-electron chi connectivity index (χ1n) is 8.98. The van der Waals surface area contributed by atoms with E-state index in [1.165, 1.54) is 5.56 Å². The van der Waals surface area contributed by atoms with E-state index < -0.39 is 4.92 Å². The third kappa shape index (κ3) is 3.82. The summed E-state index contributed by atoms with van der Waals surface area (Å²) in [7, 11) is 0. The minimum absolute atomic E-state index is 0.0233. The van der Waals surface area contributed by atoms with E-state index in [0.717, 1.165) is 34.6 Å². The quantitative estimate of drug-likeness (QED) is 0.336. The summed E-state index contributed by atoms with van der Waals surface area (Å²) in [6, 6.07) is 15.6. The molecule has 0 saturated carbocycles. The van der Waals surface area contributed by atoms with Crippen LogP contribution in [0.4, 0.5) is 11.4 Å². The average molecular weight is 361 g/mol. The summed E-state index contributed by atoms with van der Waals surface area (Å²) >= 11 is 0.